The summed E-state index contributed by atoms with van der Waals surface area (Å²) in [6, 6.07) is 9.89. The van der Waals surface area contributed by atoms with Crippen molar-refractivity contribution in [3.63, 3.8) is 0 Å². The number of carbonyl (C=O) groups is 1. The Labute approximate surface area is 151 Å². The van der Waals surface area contributed by atoms with E-state index in [2.05, 4.69) is 27.2 Å². The summed E-state index contributed by atoms with van der Waals surface area (Å²) in [5.74, 6) is 1.06. The first-order valence-electron chi connectivity index (χ1n) is 8.48. The molecule has 0 radical (unpaired) electrons. The summed E-state index contributed by atoms with van der Waals surface area (Å²) in [4.78, 5) is 22.9. The number of carbonyl (C=O) groups excluding carboxylic acids is 1. The largest absolute Gasteiger partial charge is 0.311 e. The molecule has 0 saturated heterocycles. The van der Waals surface area contributed by atoms with E-state index in [9.17, 15) is 4.79 Å². The number of rotatable bonds is 6. The Morgan fingerprint density at radius 2 is 2.04 bits per heavy atom. The van der Waals surface area contributed by atoms with Crippen molar-refractivity contribution in [1.29, 1.82) is 5.26 Å². The van der Waals surface area contributed by atoms with Gasteiger partial charge in [-0.3, -0.25) is 4.79 Å². The van der Waals surface area contributed by atoms with Crippen molar-refractivity contribution in [1.82, 2.24) is 19.6 Å². The van der Waals surface area contributed by atoms with E-state index < -0.39 is 0 Å². The zero-order valence-corrected chi connectivity index (χ0v) is 14.9. The molecule has 0 saturated carbocycles. The molecule has 1 amide bonds. The third-order valence-corrected chi connectivity index (χ3v) is 3.99. The molecule has 1 aromatic carbocycles. The predicted octanol–water partition coefficient (Wildman–Crippen LogP) is 2.62. The van der Waals surface area contributed by atoms with E-state index in [0.29, 0.717) is 24.6 Å². The highest BCUT2D eigenvalue weighted by Gasteiger charge is 2.17. The van der Waals surface area contributed by atoms with E-state index >= 15 is 0 Å². The highest BCUT2D eigenvalue weighted by molar-refractivity contribution is 5.93. The number of hydrogen-bond acceptors (Lipinski definition) is 5. The van der Waals surface area contributed by atoms with Gasteiger partial charge in [0, 0.05) is 37.5 Å². The van der Waals surface area contributed by atoms with Gasteiger partial charge in [0.25, 0.3) is 5.78 Å². The number of amides is 1. The maximum atomic E-state index is 12.8. The summed E-state index contributed by atoms with van der Waals surface area (Å²) in [6.45, 7) is 4.37. The standard InChI is InChI=1S/C19H20N6O/c1-14-11-15(2)13-16(12-14)24(9-3-7-20)18(26)6-5-17-22-19-21-8-4-10-25(19)23-17/h4,8,10-13H,3,5-6,9H2,1-2H3. The molecule has 7 nitrogen and oxygen atoms in total. The van der Waals surface area contributed by atoms with Crippen LogP contribution >= 0.6 is 0 Å². The van der Waals surface area contributed by atoms with Crippen LogP contribution in [0.1, 0.15) is 29.8 Å². The Bertz CT molecular complexity index is 918. The average molecular weight is 348 g/mol. The summed E-state index contributed by atoms with van der Waals surface area (Å²) in [6.07, 6.45) is 4.42. The van der Waals surface area contributed by atoms with Crippen LogP contribution in [-0.4, -0.2) is 32.0 Å². The molecule has 0 bridgehead atoms. The third-order valence-electron chi connectivity index (χ3n) is 3.99. The number of fused-ring (bicyclic) bond motifs is 1. The van der Waals surface area contributed by atoms with Crippen molar-refractivity contribution in [2.24, 2.45) is 0 Å². The highest BCUT2D eigenvalue weighted by atomic mass is 16.2. The van der Waals surface area contributed by atoms with Crippen molar-refractivity contribution in [3.05, 3.63) is 53.6 Å². The van der Waals surface area contributed by atoms with Crippen molar-refractivity contribution in [2.75, 3.05) is 11.4 Å². The molecule has 0 unspecified atom stereocenters. The van der Waals surface area contributed by atoms with Gasteiger partial charge in [-0.25, -0.2) is 9.50 Å². The van der Waals surface area contributed by atoms with E-state index in [0.717, 1.165) is 16.8 Å². The zero-order valence-electron chi connectivity index (χ0n) is 14.9. The predicted molar refractivity (Wildman–Crippen MR) is 97.6 cm³/mol. The van der Waals surface area contributed by atoms with Gasteiger partial charge < -0.3 is 4.90 Å². The van der Waals surface area contributed by atoms with Gasteiger partial charge in [-0.05, 0) is 43.2 Å². The van der Waals surface area contributed by atoms with Crippen LogP contribution in [-0.2, 0) is 11.2 Å². The summed E-state index contributed by atoms with van der Waals surface area (Å²) in [5.41, 5.74) is 3.00. The number of aromatic nitrogens is 4. The quantitative estimate of drug-likeness (QED) is 0.683. The first-order chi connectivity index (χ1) is 12.6. The number of nitrogens with zero attached hydrogens (tertiary/aromatic N) is 6. The van der Waals surface area contributed by atoms with Gasteiger partial charge in [-0.2, -0.15) is 10.2 Å². The van der Waals surface area contributed by atoms with Crippen LogP contribution in [0.5, 0.6) is 0 Å². The molecule has 2 heterocycles. The van der Waals surface area contributed by atoms with Crippen molar-refractivity contribution >= 4 is 17.4 Å². The second kappa shape index (κ2) is 7.74. The summed E-state index contributed by atoms with van der Waals surface area (Å²) >= 11 is 0. The lowest BCUT2D eigenvalue weighted by Crippen LogP contribution is -2.32. The normalized spacial score (nSPS) is 10.7. The first kappa shape index (κ1) is 17.5. The average Bonchev–Trinajstić information content (AvgIpc) is 3.02. The van der Waals surface area contributed by atoms with Gasteiger partial charge in [0.05, 0.1) is 12.5 Å². The molecular weight excluding hydrogens is 328 g/mol. The molecular formula is C19H20N6O. The number of hydrogen-bond donors (Lipinski definition) is 0. The molecule has 7 heteroatoms. The van der Waals surface area contributed by atoms with Crippen LogP contribution in [0.2, 0.25) is 0 Å². The Hall–Kier alpha value is -3.27. The monoisotopic (exact) mass is 348 g/mol. The molecule has 0 spiro atoms. The van der Waals surface area contributed by atoms with E-state index in [-0.39, 0.29) is 18.7 Å². The van der Waals surface area contributed by atoms with Gasteiger partial charge in [-0.15, -0.1) is 5.10 Å². The minimum absolute atomic E-state index is 0.0444. The maximum absolute atomic E-state index is 12.8. The molecule has 0 aliphatic carbocycles. The van der Waals surface area contributed by atoms with Gasteiger partial charge in [0.15, 0.2) is 5.82 Å². The highest BCUT2D eigenvalue weighted by Crippen LogP contribution is 2.20. The molecule has 2 aromatic heterocycles. The number of aryl methyl sites for hydroxylation is 3. The lowest BCUT2D eigenvalue weighted by molar-refractivity contribution is -0.118. The molecule has 132 valence electrons. The van der Waals surface area contributed by atoms with Gasteiger partial charge in [-0.1, -0.05) is 6.07 Å². The van der Waals surface area contributed by atoms with Gasteiger partial charge >= 0.3 is 0 Å². The molecule has 0 aliphatic heterocycles. The topological polar surface area (TPSA) is 87.2 Å². The van der Waals surface area contributed by atoms with E-state index in [1.54, 1.807) is 27.9 Å². The fourth-order valence-electron chi connectivity index (χ4n) is 2.90. The maximum Gasteiger partial charge on any atom is 0.252 e. The lowest BCUT2D eigenvalue weighted by Gasteiger charge is -2.22. The number of benzene rings is 1. The van der Waals surface area contributed by atoms with Crippen LogP contribution in [0, 0.1) is 25.2 Å². The number of anilines is 1. The van der Waals surface area contributed by atoms with Gasteiger partial charge in [0.1, 0.15) is 0 Å². The van der Waals surface area contributed by atoms with Crippen molar-refractivity contribution < 1.29 is 4.79 Å². The third kappa shape index (κ3) is 4.03. The Kier molecular flexibility index (Phi) is 5.23. The summed E-state index contributed by atoms with van der Waals surface area (Å²) in [7, 11) is 0. The van der Waals surface area contributed by atoms with Crippen molar-refractivity contribution in [3.8, 4) is 6.07 Å². The van der Waals surface area contributed by atoms with Crippen LogP contribution < -0.4 is 4.90 Å². The molecule has 3 rings (SSSR count). The molecule has 3 aromatic rings. The first-order valence-corrected chi connectivity index (χ1v) is 8.48. The molecule has 26 heavy (non-hydrogen) atoms. The number of nitriles is 1. The second-order valence-corrected chi connectivity index (χ2v) is 6.19. The molecule has 0 aliphatic rings. The summed E-state index contributed by atoms with van der Waals surface area (Å²) < 4.78 is 1.59. The van der Waals surface area contributed by atoms with Crippen molar-refractivity contribution in [2.45, 2.75) is 33.1 Å². The lowest BCUT2D eigenvalue weighted by atomic mass is 10.1. The zero-order chi connectivity index (χ0) is 18.5. The fourth-order valence-corrected chi connectivity index (χ4v) is 2.90. The smallest absolute Gasteiger partial charge is 0.252 e. The minimum Gasteiger partial charge on any atom is -0.311 e. The Morgan fingerprint density at radius 1 is 1.27 bits per heavy atom. The summed E-state index contributed by atoms with van der Waals surface area (Å²) in [5, 5.41) is 13.3. The van der Waals surface area contributed by atoms with E-state index in [1.807, 2.05) is 26.0 Å². The second-order valence-electron chi connectivity index (χ2n) is 6.19. The Balaban J connectivity index is 1.75. The Morgan fingerprint density at radius 3 is 2.73 bits per heavy atom. The fraction of sp³-hybridized carbons (Fsp3) is 0.316. The van der Waals surface area contributed by atoms with Crippen LogP contribution in [0.4, 0.5) is 5.69 Å². The van der Waals surface area contributed by atoms with Gasteiger partial charge in [0.2, 0.25) is 5.91 Å². The van der Waals surface area contributed by atoms with Crippen LogP contribution in [0.25, 0.3) is 5.78 Å². The minimum atomic E-state index is -0.0444. The molecule has 0 fully saturated rings. The van der Waals surface area contributed by atoms with Crippen LogP contribution in [0.15, 0.2) is 36.7 Å². The van der Waals surface area contributed by atoms with E-state index in [4.69, 9.17) is 5.26 Å². The molecule has 0 N–H and O–H groups in total. The van der Waals surface area contributed by atoms with Crippen LogP contribution in [0.3, 0.4) is 0 Å². The van der Waals surface area contributed by atoms with E-state index in [1.165, 1.54) is 0 Å². The SMILES string of the molecule is Cc1cc(C)cc(N(CCC#N)C(=O)CCc2nc3ncccn3n2)c1. The molecule has 0 atom stereocenters.